The van der Waals surface area contributed by atoms with Crippen LogP contribution in [0, 0.1) is 0 Å². The van der Waals surface area contributed by atoms with Crippen LogP contribution >= 0.6 is 0 Å². The zero-order chi connectivity index (χ0) is 93.1. The molecule has 0 saturated carbocycles. The van der Waals surface area contributed by atoms with E-state index >= 15 is 0 Å². The Hall–Kier alpha value is -18.5. The molecule has 8 nitrogen and oxygen atoms in total. The highest BCUT2D eigenvalue weighted by Gasteiger charge is 2.37. The van der Waals surface area contributed by atoms with E-state index in [0.29, 0.717) is 0 Å². The summed E-state index contributed by atoms with van der Waals surface area (Å²) in [5.41, 5.74) is 39.1. The third-order valence-electron chi connectivity index (χ3n) is 29.5. The molecule has 22 aromatic carbocycles. The Morgan fingerprint density at radius 3 is 0.851 bits per heavy atom. The minimum absolute atomic E-state index is 0.337. The van der Waals surface area contributed by atoms with Gasteiger partial charge in [0.05, 0.1) is 27.8 Å². The van der Waals surface area contributed by atoms with E-state index in [0.717, 1.165) is 195 Å². The highest BCUT2D eigenvalue weighted by molar-refractivity contribution is 6.15. The van der Waals surface area contributed by atoms with Gasteiger partial charge in [0.15, 0.2) is 0 Å². The second-order valence-electron chi connectivity index (χ2n) is 37.8. The van der Waals surface area contributed by atoms with Gasteiger partial charge in [-0.2, -0.15) is 0 Å². The third kappa shape index (κ3) is 13.3. The lowest BCUT2D eigenvalue weighted by molar-refractivity contribution is 0.660. The molecule has 0 fully saturated rings. The Labute approximate surface area is 813 Å². The van der Waals surface area contributed by atoms with Gasteiger partial charge in [0.1, 0.15) is 33.5 Å². The summed E-state index contributed by atoms with van der Waals surface area (Å²) in [6.45, 7) is 4.80. The van der Waals surface area contributed by atoms with Crippen molar-refractivity contribution in [2.75, 3.05) is 14.7 Å². The predicted molar refractivity (Wildman–Crippen MR) is 589 cm³/mol. The monoisotopic (exact) mass is 1800 g/mol. The molecule has 27 aromatic rings. The maximum Gasteiger partial charge on any atom is 0.143 e. The zero-order valence-corrected chi connectivity index (χ0v) is 77.2. The fourth-order valence-corrected chi connectivity index (χ4v) is 22.7. The number of furan rings is 3. The molecule has 8 heteroatoms. The van der Waals surface area contributed by atoms with Crippen molar-refractivity contribution in [1.29, 1.82) is 0 Å². The van der Waals surface area contributed by atoms with Crippen LogP contribution in [-0.2, 0) is 5.41 Å². The molecule has 28 rings (SSSR count). The average molecular weight is 1800 g/mol. The second-order valence-corrected chi connectivity index (χ2v) is 37.8. The van der Waals surface area contributed by atoms with Crippen molar-refractivity contribution >= 4 is 171 Å². The molecule has 5 aromatic heterocycles. The standard InChI is InChI=1S/C133H87N5O3/c1-133(2)120-82-102(75-77-108(120)109-78-76-103(83-121(109)133)138-125-41-14-7-28-112(125)113-29-8-15-42-126(113)138)136(122-43-19-24-87-23-3-4-25-104(87)122)100-63-51-86(52-64-100)93-80-91(84-47-59-94(60-48-84)134(96-65-53-88(54-66-96)105-33-20-36-117-114-30-9-16-44-127(114)139-130(105)117)97-67-55-89(56-68-97)106-34-21-37-118-115-31-10-17-45-128(115)140-131(106)118)79-92(81-93)85-49-61-95(62-50-85)135(98-69-57-90(58-70-98)107-35-22-38-119-116-32-11-18-46-129(116)141-132(107)119)99-71-73-101(74-72-99)137-123-39-12-5-26-110(123)111-27-6-13-40-124(111)137/h3-83H,1-2H3. The van der Waals surface area contributed by atoms with Gasteiger partial charge < -0.3 is 37.1 Å². The van der Waals surface area contributed by atoms with E-state index in [9.17, 15) is 0 Å². The van der Waals surface area contributed by atoms with Crippen molar-refractivity contribution in [2.45, 2.75) is 19.3 Å². The molecule has 5 heterocycles. The first-order valence-electron chi connectivity index (χ1n) is 48.4. The number of fused-ring (bicyclic) bond motifs is 19. The van der Waals surface area contributed by atoms with E-state index in [1.54, 1.807) is 0 Å². The molecule has 1 aliphatic rings. The van der Waals surface area contributed by atoms with Gasteiger partial charge in [0.2, 0.25) is 0 Å². The number of rotatable bonds is 17. The molecule has 1 aliphatic carbocycles. The van der Waals surface area contributed by atoms with Crippen LogP contribution in [0.5, 0.6) is 0 Å². The van der Waals surface area contributed by atoms with Crippen molar-refractivity contribution in [3.8, 4) is 89.3 Å². The SMILES string of the molecule is CC1(C)c2cc(N(c3ccc(-c4cc(-c5ccc(N(c6ccc(-c7cccc8c7oc7ccccc78)cc6)c6ccc(-c7cccc8c7oc7ccccc78)cc6)cc5)cc(-c5ccc(N(c6ccc(-c7cccc8c7oc7ccccc78)cc6)c6ccc(-n7c8ccccc8c8ccccc87)cc6)cc5)c4)cc3)c3cccc4ccccc34)ccc2-c2ccc(-n3c4ccccc4c4ccccc43)cc21. The number of para-hydroxylation sites is 10. The van der Waals surface area contributed by atoms with Gasteiger partial charge in [-0.05, 0) is 266 Å². The molecular formula is C133H87N5O3. The van der Waals surface area contributed by atoms with Crippen LogP contribution in [0.25, 0.3) is 209 Å². The van der Waals surface area contributed by atoms with E-state index in [1.807, 2.05) is 18.2 Å². The quantitative estimate of drug-likeness (QED) is 0.0905. The van der Waals surface area contributed by atoms with Crippen LogP contribution in [0.1, 0.15) is 25.0 Å². The van der Waals surface area contributed by atoms with Crippen molar-refractivity contribution in [2.24, 2.45) is 0 Å². The Kier molecular flexibility index (Phi) is 18.6. The summed E-state index contributed by atoms with van der Waals surface area (Å²) in [5.74, 6) is 0. The molecule has 0 atom stereocenters. The molecule has 0 spiro atoms. The maximum absolute atomic E-state index is 6.65. The summed E-state index contributed by atoms with van der Waals surface area (Å²) < 4.78 is 24.8. The van der Waals surface area contributed by atoms with Crippen molar-refractivity contribution < 1.29 is 13.3 Å². The molecule has 0 N–H and O–H groups in total. The van der Waals surface area contributed by atoms with Crippen molar-refractivity contribution in [3.05, 3.63) is 503 Å². The number of aromatic nitrogens is 2. The Balaban J connectivity index is 0.572. The summed E-state index contributed by atoms with van der Waals surface area (Å²) in [6, 6.07) is 180. The molecule has 0 unspecified atom stereocenters. The van der Waals surface area contributed by atoms with Gasteiger partial charge >= 0.3 is 0 Å². The number of hydrogen-bond acceptors (Lipinski definition) is 6. The van der Waals surface area contributed by atoms with E-state index in [2.05, 4.69) is 511 Å². The Morgan fingerprint density at radius 1 is 0.184 bits per heavy atom. The van der Waals surface area contributed by atoms with Crippen LogP contribution in [0.15, 0.2) is 505 Å². The van der Waals surface area contributed by atoms with Gasteiger partial charge in [-0.1, -0.05) is 317 Å². The average Bonchev–Trinajstić information content (AvgIpc) is 1.55. The van der Waals surface area contributed by atoms with Gasteiger partial charge in [0, 0.05) is 138 Å². The second kappa shape index (κ2) is 32.4. The Bertz CT molecular complexity index is 9420. The smallest absolute Gasteiger partial charge is 0.143 e. The van der Waals surface area contributed by atoms with E-state index in [-0.39, 0.29) is 5.41 Å². The topological polar surface area (TPSA) is 59.0 Å². The molecular weight excluding hydrogens is 1720 g/mol. The summed E-state index contributed by atoms with van der Waals surface area (Å²) in [6.07, 6.45) is 0. The largest absolute Gasteiger partial charge is 0.455 e. The third-order valence-corrected chi connectivity index (χ3v) is 29.5. The molecule has 0 radical (unpaired) electrons. The van der Waals surface area contributed by atoms with Gasteiger partial charge in [-0.15, -0.1) is 0 Å². The highest BCUT2D eigenvalue weighted by atomic mass is 16.3. The molecule has 0 aliphatic heterocycles. The first-order valence-corrected chi connectivity index (χ1v) is 48.4. The lowest BCUT2D eigenvalue weighted by Gasteiger charge is -2.29. The van der Waals surface area contributed by atoms with Gasteiger partial charge in [-0.25, -0.2) is 0 Å². The summed E-state index contributed by atoms with van der Waals surface area (Å²) >= 11 is 0. The van der Waals surface area contributed by atoms with E-state index in [1.165, 1.54) is 76.6 Å². The fourth-order valence-electron chi connectivity index (χ4n) is 22.7. The minimum atomic E-state index is -0.337. The van der Waals surface area contributed by atoms with Crippen LogP contribution in [0.3, 0.4) is 0 Å². The summed E-state index contributed by atoms with van der Waals surface area (Å²) in [4.78, 5) is 7.21. The number of anilines is 9. The number of hydrogen-bond donors (Lipinski definition) is 0. The van der Waals surface area contributed by atoms with Crippen LogP contribution in [0.4, 0.5) is 51.2 Å². The van der Waals surface area contributed by atoms with E-state index < -0.39 is 0 Å². The maximum atomic E-state index is 6.65. The molecule has 0 amide bonds. The minimum Gasteiger partial charge on any atom is -0.455 e. The predicted octanol–water partition coefficient (Wildman–Crippen LogP) is 37.4. The van der Waals surface area contributed by atoms with Crippen LogP contribution in [0.2, 0.25) is 0 Å². The van der Waals surface area contributed by atoms with Crippen molar-refractivity contribution in [3.63, 3.8) is 0 Å². The first kappa shape index (κ1) is 80.9. The lowest BCUT2D eigenvalue weighted by atomic mass is 9.82. The fraction of sp³-hybridized carbons (Fsp3) is 0.0226. The number of nitrogens with zero attached hydrogens (tertiary/aromatic N) is 5. The zero-order valence-electron chi connectivity index (χ0n) is 77.2. The normalized spacial score (nSPS) is 12.4. The number of benzene rings is 22. The van der Waals surface area contributed by atoms with Crippen molar-refractivity contribution in [1.82, 2.24) is 9.13 Å². The van der Waals surface area contributed by atoms with E-state index in [4.69, 9.17) is 13.3 Å². The molecule has 0 bridgehead atoms. The highest BCUT2D eigenvalue weighted by Crippen LogP contribution is 2.54. The van der Waals surface area contributed by atoms with Crippen LogP contribution in [-0.4, -0.2) is 9.13 Å². The molecule has 141 heavy (non-hydrogen) atoms. The lowest BCUT2D eigenvalue weighted by Crippen LogP contribution is -2.17. The summed E-state index contributed by atoms with van der Waals surface area (Å²) in [7, 11) is 0. The van der Waals surface area contributed by atoms with Gasteiger partial charge in [0.25, 0.3) is 0 Å². The first-order chi connectivity index (χ1) is 69.6. The molecule has 662 valence electrons. The van der Waals surface area contributed by atoms with Crippen LogP contribution < -0.4 is 14.7 Å². The molecule has 0 saturated heterocycles. The summed E-state index contributed by atoms with van der Waals surface area (Å²) in [5, 5.41) is 13.9. The Morgan fingerprint density at radius 2 is 0.461 bits per heavy atom. The van der Waals surface area contributed by atoms with Gasteiger partial charge in [-0.3, -0.25) is 0 Å².